The Labute approximate surface area is 166 Å². The van der Waals surface area contributed by atoms with Crippen LogP contribution in [0.2, 0.25) is 0 Å². The Bertz CT molecular complexity index is 985. The van der Waals surface area contributed by atoms with Crippen LogP contribution in [0.3, 0.4) is 0 Å². The maximum atomic E-state index is 13.0. The van der Waals surface area contributed by atoms with Crippen LogP contribution < -0.4 is 0 Å². The van der Waals surface area contributed by atoms with Crippen molar-refractivity contribution in [2.24, 2.45) is 5.92 Å². The van der Waals surface area contributed by atoms with Crippen LogP contribution in [0, 0.1) is 5.92 Å². The minimum absolute atomic E-state index is 0.118. The first-order chi connectivity index (χ1) is 13.3. The maximum Gasteiger partial charge on any atom is 0.230 e. The highest BCUT2D eigenvalue weighted by molar-refractivity contribution is 6.03. The third kappa shape index (κ3) is 2.80. The third-order valence-electron chi connectivity index (χ3n) is 6.40. The van der Waals surface area contributed by atoms with E-state index in [1.807, 2.05) is 51.0 Å². The molecule has 5 heteroatoms. The van der Waals surface area contributed by atoms with Crippen LogP contribution in [0.15, 0.2) is 30.5 Å². The van der Waals surface area contributed by atoms with E-state index in [0.29, 0.717) is 6.42 Å². The van der Waals surface area contributed by atoms with E-state index in [9.17, 15) is 9.59 Å². The van der Waals surface area contributed by atoms with Gasteiger partial charge in [0.2, 0.25) is 11.8 Å². The summed E-state index contributed by atoms with van der Waals surface area (Å²) in [6, 6.07) is 6.62. The quantitative estimate of drug-likeness (QED) is 0.821. The molecule has 1 amide bonds. The van der Waals surface area contributed by atoms with Gasteiger partial charge in [-0.3, -0.25) is 19.1 Å². The van der Waals surface area contributed by atoms with Crippen molar-refractivity contribution >= 4 is 28.3 Å². The second-order valence-corrected chi connectivity index (χ2v) is 8.40. The smallest absolute Gasteiger partial charge is 0.230 e. The fourth-order valence-electron chi connectivity index (χ4n) is 4.60. The second kappa shape index (κ2) is 6.89. The zero-order chi connectivity index (χ0) is 20.2. The summed E-state index contributed by atoms with van der Waals surface area (Å²) in [5, 5.41) is 1.17. The SMILES string of the molecule is CCC(=O)n1cc2c3c(cccc31)C1=C[C@@H](C(=O)N(C)C(C)C)CN(C)[C@@H]1C2. The highest BCUT2D eigenvalue weighted by atomic mass is 16.2. The number of nitrogens with zero attached hydrogens (tertiary/aromatic N) is 3. The highest BCUT2D eigenvalue weighted by Gasteiger charge is 2.37. The van der Waals surface area contributed by atoms with Crippen LogP contribution in [0.25, 0.3) is 16.5 Å². The molecule has 1 aliphatic heterocycles. The number of hydrogen-bond donors (Lipinski definition) is 0. The van der Waals surface area contributed by atoms with Crippen molar-refractivity contribution in [2.45, 2.75) is 45.7 Å². The van der Waals surface area contributed by atoms with Gasteiger partial charge in [0.05, 0.1) is 11.4 Å². The molecule has 0 radical (unpaired) electrons. The van der Waals surface area contributed by atoms with E-state index in [1.54, 1.807) is 4.57 Å². The summed E-state index contributed by atoms with van der Waals surface area (Å²) >= 11 is 0. The Morgan fingerprint density at radius 2 is 2.04 bits per heavy atom. The molecule has 0 saturated carbocycles. The Kier molecular flexibility index (Phi) is 4.66. The molecule has 2 aromatic rings. The molecule has 1 aromatic heterocycles. The van der Waals surface area contributed by atoms with E-state index < -0.39 is 0 Å². The Hall–Kier alpha value is -2.40. The van der Waals surface area contributed by atoms with E-state index in [2.05, 4.69) is 24.1 Å². The van der Waals surface area contributed by atoms with Gasteiger partial charge in [0, 0.05) is 43.7 Å². The number of rotatable bonds is 3. The molecule has 5 nitrogen and oxygen atoms in total. The van der Waals surface area contributed by atoms with Gasteiger partial charge in [-0.2, -0.15) is 0 Å². The van der Waals surface area contributed by atoms with Gasteiger partial charge in [-0.15, -0.1) is 0 Å². The maximum absolute atomic E-state index is 13.0. The summed E-state index contributed by atoms with van der Waals surface area (Å²) in [7, 11) is 3.99. The summed E-state index contributed by atoms with van der Waals surface area (Å²) in [5.41, 5.74) is 4.60. The molecule has 2 aliphatic rings. The molecule has 0 saturated heterocycles. The molecule has 0 fully saturated rings. The van der Waals surface area contributed by atoms with Gasteiger partial charge >= 0.3 is 0 Å². The molecule has 0 bridgehead atoms. The van der Waals surface area contributed by atoms with Gasteiger partial charge in [0.25, 0.3) is 0 Å². The number of fused-ring (bicyclic) bond motifs is 2. The van der Waals surface area contributed by atoms with Gasteiger partial charge in [-0.1, -0.05) is 25.1 Å². The molecule has 1 aromatic carbocycles. The number of carbonyl (C=O) groups is 2. The van der Waals surface area contributed by atoms with Crippen LogP contribution in [0.4, 0.5) is 0 Å². The Morgan fingerprint density at radius 3 is 2.71 bits per heavy atom. The zero-order valence-corrected chi connectivity index (χ0v) is 17.4. The van der Waals surface area contributed by atoms with Gasteiger partial charge in [-0.05, 0) is 50.1 Å². The largest absolute Gasteiger partial charge is 0.343 e. The van der Waals surface area contributed by atoms with Crippen molar-refractivity contribution in [3.63, 3.8) is 0 Å². The average molecular weight is 380 g/mol. The lowest BCUT2D eigenvalue weighted by atomic mass is 9.79. The number of amides is 1. The topological polar surface area (TPSA) is 45.6 Å². The monoisotopic (exact) mass is 379 g/mol. The molecule has 2 atom stereocenters. The first kappa shape index (κ1) is 18.9. The van der Waals surface area contributed by atoms with Crippen molar-refractivity contribution in [1.29, 1.82) is 0 Å². The summed E-state index contributed by atoms with van der Waals surface area (Å²) in [6.45, 7) is 6.71. The molecular formula is C23H29N3O2. The molecule has 0 N–H and O–H groups in total. The molecule has 0 spiro atoms. The van der Waals surface area contributed by atoms with Crippen LogP contribution in [-0.2, 0) is 11.2 Å². The Morgan fingerprint density at radius 1 is 1.29 bits per heavy atom. The normalized spacial score (nSPS) is 21.6. The third-order valence-corrected chi connectivity index (χ3v) is 6.40. The predicted molar refractivity (Wildman–Crippen MR) is 112 cm³/mol. The average Bonchev–Trinajstić information content (AvgIpc) is 3.06. The van der Waals surface area contributed by atoms with E-state index in [4.69, 9.17) is 0 Å². The van der Waals surface area contributed by atoms with Crippen LogP contribution in [0.5, 0.6) is 0 Å². The number of likely N-dealkylation sites (N-methyl/N-ethyl adjacent to an activating group) is 1. The molecule has 0 unspecified atom stereocenters. The minimum Gasteiger partial charge on any atom is -0.343 e. The molecule has 148 valence electrons. The van der Waals surface area contributed by atoms with E-state index in [1.165, 1.54) is 22.1 Å². The van der Waals surface area contributed by atoms with Gasteiger partial charge in [0.15, 0.2) is 0 Å². The summed E-state index contributed by atoms with van der Waals surface area (Å²) in [4.78, 5) is 29.6. The van der Waals surface area contributed by atoms with Crippen LogP contribution >= 0.6 is 0 Å². The standard InChI is InChI=1S/C23H29N3O2/c1-6-21(27)26-13-15-11-20-18(17-8-7-9-19(26)22(15)17)10-16(12-24(20)4)23(28)25(5)14(2)3/h7-10,13-14,16,20H,6,11-12H2,1-5H3/t16-,20-/m1/s1. The van der Waals surface area contributed by atoms with E-state index in [0.717, 1.165) is 18.5 Å². The van der Waals surface area contributed by atoms with E-state index in [-0.39, 0.29) is 29.8 Å². The molecule has 1 aliphatic carbocycles. The number of aromatic nitrogens is 1. The van der Waals surface area contributed by atoms with Crippen LogP contribution in [-0.4, -0.2) is 58.9 Å². The number of benzene rings is 1. The lowest BCUT2D eigenvalue weighted by Crippen LogP contribution is -2.48. The number of hydrogen-bond acceptors (Lipinski definition) is 3. The van der Waals surface area contributed by atoms with Crippen molar-refractivity contribution < 1.29 is 9.59 Å². The zero-order valence-electron chi connectivity index (χ0n) is 17.4. The lowest BCUT2D eigenvalue weighted by Gasteiger charge is -2.40. The van der Waals surface area contributed by atoms with Gasteiger partial charge in [0.1, 0.15) is 0 Å². The first-order valence-electron chi connectivity index (χ1n) is 10.2. The molecule has 28 heavy (non-hydrogen) atoms. The van der Waals surface area contributed by atoms with Gasteiger partial charge < -0.3 is 4.90 Å². The highest BCUT2D eigenvalue weighted by Crippen LogP contribution is 2.41. The summed E-state index contributed by atoms with van der Waals surface area (Å²) < 4.78 is 1.81. The lowest BCUT2D eigenvalue weighted by molar-refractivity contribution is -0.134. The van der Waals surface area contributed by atoms with E-state index >= 15 is 0 Å². The molecular weight excluding hydrogens is 350 g/mol. The predicted octanol–water partition coefficient (Wildman–Crippen LogP) is 3.43. The summed E-state index contributed by atoms with van der Waals surface area (Å²) in [5.74, 6) is 0.150. The van der Waals surface area contributed by atoms with Crippen molar-refractivity contribution in [3.05, 3.63) is 41.6 Å². The molecule has 2 heterocycles. The number of carbonyl (C=O) groups excluding carboxylic acids is 2. The van der Waals surface area contributed by atoms with Crippen LogP contribution in [0.1, 0.15) is 43.1 Å². The van der Waals surface area contributed by atoms with Crippen molar-refractivity contribution in [2.75, 3.05) is 20.6 Å². The first-order valence-corrected chi connectivity index (χ1v) is 10.2. The minimum atomic E-state index is -0.139. The Balaban J connectivity index is 1.84. The fourth-order valence-corrected chi connectivity index (χ4v) is 4.60. The second-order valence-electron chi connectivity index (χ2n) is 8.40. The summed E-state index contributed by atoms with van der Waals surface area (Å²) in [6.07, 6.45) is 5.56. The van der Waals surface area contributed by atoms with Crippen molar-refractivity contribution in [3.8, 4) is 0 Å². The van der Waals surface area contributed by atoms with Gasteiger partial charge in [-0.25, -0.2) is 0 Å². The molecule has 4 rings (SSSR count). The fraction of sp³-hybridized carbons (Fsp3) is 0.478. The van der Waals surface area contributed by atoms with Crippen molar-refractivity contribution in [1.82, 2.24) is 14.4 Å².